The molecule has 1 aliphatic rings. The minimum atomic E-state index is -0.255. The van der Waals surface area contributed by atoms with Gasteiger partial charge in [-0.2, -0.15) is 0 Å². The van der Waals surface area contributed by atoms with Gasteiger partial charge in [0.25, 0.3) is 5.56 Å². The maximum atomic E-state index is 13.1. The third-order valence-corrected chi connectivity index (χ3v) is 4.51. The van der Waals surface area contributed by atoms with E-state index in [9.17, 15) is 9.18 Å². The summed E-state index contributed by atoms with van der Waals surface area (Å²) in [5, 5.41) is 1.07. The van der Waals surface area contributed by atoms with Gasteiger partial charge in [-0.25, -0.2) is 9.37 Å². The predicted molar refractivity (Wildman–Crippen MR) is 93.1 cm³/mol. The van der Waals surface area contributed by atoms with E-state index in [1.165, 1.54) is 12.1 Å². The average Bonchev–Trinajstić information content (AvgIpc) is 2.58. The van der Waals surface area contributed by atoms with Crippen LogP contribution in [0.15, 0.2) is 47.3 Å². The highest BCUT2D eigenvalue weighted by Crippen LogP contribution is 2.23. The van der Waals surface area contributed by atoms with E-state index in [0.29, 0.717) is 35.0 Å². The maximum absolute atomic E-state index is 13.1. The first-order valence-corrected chi connectivity index (χ1v) is 8.19. The fourth-order valence-corrected chi connectivity index (χ4v) is 3.28. The van der Waals surface area contributed by atoms with Crippen molar-refractivity contribution >= 4 is 28.5 Å². The highest BCUT2D eigenvalue weighted by molar-refractivity contribution is 6.31. The maximum Gasteiger partial charge on any atom is 0.262 e. The molecule has 0 N–H and O–H groups in total. The fraction of sp³-hybridized carbons (Fsp3) is 0.222. The summed E-state index contributed by atoms with van der Waals surface area (Å²) in [6.07, 6.45) is 0.863. The van der Waals surface area contributed by atoms with Crippen LogP contribution in [0.5, 0.6) is 0 Å². The van der Waals surface area contributed by atoms with Crippen LogP contribution in [0.4, 0.5) is 10.3 Å². The van der Waals surface area contributed by atoms with Crippen LogP contribution in [-0.4, -0.2) is 16.1 Å². The second-order valence-corrected chi connectivity index (χ2v) is 6.37. The van der Waals surface area contributed by atoms with Gasteiger partial charge < -0.3 is 4.90 Å². The Bertz CT molecular complexity index is 968. The third kappa shape index (κ3) is 2.65. The fourth-order valence-electron chi connectivity index (χ4n) is 3.10. The molecule has 1 aliphatic heterocycles. The summed E-state index contributed by atoms with van der Waals surface area (Å²) in [7, 11) is 0. The second-order valence-electron chi connectivity index (χ2n) is 5.93. The first kappa shape index (κ1) is 15.1. The van der Waals surface area contributed by atoms with E-state index in [4.69, 9.17) is 11.6 Å². The molecule has 0 fully saturated rings. The smallest absolute Gasteiger partial charge is 0.262 e. The minimum absolute atomic E-state index is 0.0682. The van der Waals surface area contributed by atoms with Crippen LogP contribution in [0.3, 0.4) is 0 Å². The number of hydrogen-bond acceptors (Lipinski definition) is 3. The van der Waals surface area contributed by atoms with Crippen LogP contribution >= 0.6 is 11.6 Å². The molecule has 2 aromatic carbocycles. The molecule has 0 bridgehead atoms. The standard InChI is InChI=1S/C18H15ClFN3O/c19-13-4-7-16-15(10-13)17(24)23-9-1-8-22(18(23)21-16)11-12-2-5-14(20)6-3-12/h2-7,10H,1,8-9,11H2. The van der Waals surface area contributed by atoms with Crippen LogP contribution in [0, 0.1) is 5.82 Å². The normalized spacial score (nSPS) is 14.0. The molecule has 0 atom stereocenters. The van der Waals surface area contributed by atoms with Gasteiger partial charge in [0.15, 0.2) is 0 Å². The summed E-state index contributed by atoms with van der Waals surface area (Å²) < 4.78 is 14.8. The van der Waals surface area contributed by atoms with Gasteiger partial charge in [0.2, 0.25) is 5.95 Å². The Labute approximate surface area is 143 Å². The van der Waals surface area contributed by atoms with Crippen molar-refractivity contribution in [2.45, 2.75) is 19.5 Å². The van der Waals surface area contributed by atoms with Crippen LogP contribution in [0.25, 0.3) is 10.9 Å². The largest absolute Gasteiger partial charge is 0.338 e. The molecule has 2 heterocycles. The van der Waals surface area contributed by atoms with Gasteiger partial charge in [-0.3, -0.25) is 9.36 Å². The van der Waals surface area contributed by atoms with Gasteiger partial charge >= 0.3 is 0 Å². The van der Waals surface area contributed by atoms with Gasteiger partial charge in [-0.05, 0) is 42.3 Å². The van der Waals surface area contributed by atoms with Crippen molar-refractivity contribution in [3.05, 3.63) is 69.2 Å². The SMILES string of the molecule is O=c1c2cc(Cl)ccc2nc2n1CCCN2Cc1ccc(F)cc1. The van der Waals surface area contributed by atoms with Crippen LogP contribution < -0.4 is 10.5 Å². The molecule has 122 valence electrons. The Morgan fingerprint density at radius 2 is 1.92 bits per heavy atom. The van der Waals surface area contributed by atoms with Crippen LogP contribution in [-0.2, 0) is 13.1 Å². The van der Waals surface area contributed by atoms with Gasteiger partial charge in [0.1, 0.15) is 5.82 Å². The van der Waals surface area contributed by atoms with E-state index < -0.39 is 0 Å². The van der Waals surface area contributed by atoms with Crippen LogP contribution in [0.2, 0.25) is 5.02 Å². The molecule has 4 nitrogen and oxygen atoms in total. The summed E-state index contributed by atoms with van der Waals surface area (Å²) in [6.45, 7) is 2.04. The first-order chi connectivity index (χ1) is 11.6. The zero-order chi connectivity index (χ0) is 16.7. The quantitative estimate of drug-likeness (QED) is 0.713. The number of halogens is 2. The zero-order valence-electron chi connectivity index (χ0n) is 12.9. The molecular weight excluding hydrogens is 329 g/mol. The lowest BCUT2D eigenvalue weighted by atomic mass is 10.2. The highest BCUT2D eigenvalue weighted by Gasteiger charge is 2.21. The van der Waals surface area contributed by atoms with E-state index in [2.05, 4.69) is 9.88 Å². The van der Waals surface area contributed by atoms with E-state index in [1.807, 2.05) is 0 Å². The number of benzene rings is 2. The molecule has 0 amide bonds. The van der Waals surface area contributed by atoms with E-state index >= 15 is 0 Å². The van der Waals surface area contributed by atoms with Crippen molar-refractivity contribution < 1.29 is 4.39 Å². The van der Waals surface area contributed by atoms with Gasteiger partial charge in [-0.1, -0.05) is 23.7 Å². The number of fused-ring (bicyclic) bond motifs is 2. The third-order valence-electron chi connectivity index (χ3n) is 4.28. The van der Waals surface area contributed by atoms with Crippen molar-refractivity contribution in [2.75, 3.05) is 11.4 Å². The van der Waals surface area contributed by atoms with Crippen LogP contribution in [0.1, 0.15) is 12.0 Å². The molecule has 0 saturated heterocycles. The molecule has 0 saturated carbocycles. The van der Waals surface area contributed by atoms with Crippen molar-refractivity contribution in [3.8, 4) is 0 Å². The summed E-state index contributed by atoms with van der Waals surface area (Å²) in [5.74, 6) is 0.403. The van der Waals surface area contributed by atoms with E-state index in [-0.39, 0.29) is 11.4 Å². The lowest BCUT2D eigenvalue weighted by Crippen LogP contribution is -2.38. The molecule has 24 heavy (non-hydrogen) atoms. The van der Waals surface area contributed by atoms with Crippen molar-refractivity contribution in [3.63, 3.8) is 0 Å². The summed E-state index contributed by atoms with van der Waals surface area (Å²) in [4.78, 5) is 19.5. The Morgan fingerprint density at radius 1 is 1.12 bits per heavy atom. The predicted octanol–water partition coefficient (Wildman–Crippen LogP) is 3.60. The van der Waals surface area contributed by atoms with E-state index in [0.717, 1.165) is 18.5 Å². The van der Waals surface area contributed by atoms with Gasteiger partial charge in [0, 0.05) is 24.7 Å². The molecule has 1 aromatic heterocycles. The summed E-state index contributed by atoms with van der Waals surface area (Å²) in [5.41, 5.74) is 1.55. The monoisotopic (exact) mass is 343 g/mol. The second kappa shape index (κ2) is 5.91. The Hall–Kier alpha value is -2.40. The van der Waals surface area contributed by atoms with Crippen molar-refractivity contribution in [1.82, 2.24) is 9.55 Å². The zero-order valence-corrected chi connectivity index (χ0v) is 13.6. The van der Waals surface area contributed by atoms with Gasteiger partial charge in [0.05, 0.1) is 10.9 Å². The molecule has 4 rings (SSSR count). The molecular formula is C18H15ClFN3O. The number of hydrogen-bond donors (Lipinski definition) is 0. The number of nitrogens with zero attached hydrogens (tertiary/aromatic N) is 3. The molecule has 0 aliphatic carbocycles. The number of aromatic nitrogens is 2. The molecule has 0 spiro atoms. The topological polar surface area (TPSA) is 38.1 Å². The van der Waals surface area contributed by atoms with Gasteiger partial charge in [-0.15, -0.1) is 0 Å². The van der Waals surface area contributed by atoms with Crippen molar-refractivity contribution in [1.29, 1.82) is 0 Å². The lowest BCUT2D eigenvalue weighted by molar-refractivity contribution is 0.534. The number of anilines is 1. The summed E-state index contributed by atoms with van der Waals surface area (Å²) >= 11 is 6.01. The molecule has 3 aromatic rings. The van der Waals surface area contributed by atoms with Crippen molar-refractivity contribution in [2.24, 2.45) is 0 Å². The lowest BCUT2D eigenvalue weighted by Gasteiger charge is -2.31. The average molecular weight is 344 g/mol. The minimum Gasteiger partial charge on any atom is -0.338 e. The summed E-state index contributed by atoms with van der Waals surface area (Å²) in [6, 6.07) is 11.6. The first-order valence-electron chi connectivity index (χ1n) is 7.81. The number of rotatable bonds is 2. The van der Waals surface area contributed by atoms with E-state index in [1.54, 1.807) is 34.9 Å². The molecule has 6 heteroatoms. The molecule has 0 unspecified atom stereocenters. The Balaban J connectivity index is 1.79. The Morgan fingerprint density at radius 3 is 2.71 bits per heavy atom. The highest BCUT2D eigenvalue weighted by atomic mass is 35.5. The Kier molecular flexibility index (Phi) is 3.73. The molecule has 0 radical (unpaired) electrons.